The second-order valence-electron chi connectivity index (χ2n) is 3.93. The Bertz CT molecular complexity index is 379. The standard InChI is InChI=1S/C11H12BrNO2/c1-7-2-9(12)4-10(3-7)13-5-8(6-13)11(14)15/h2-4,8H,5-6H2,1H3,(H,14,15). The molecule has 3 nitrogen and oxygen atoms in total. The molecule has 0 aliphatic carbocycles. The van der Waals surface area contributed by atoms with Gasteiger partial charge in [-0.2, -0.15) is 0 Å². The summed E-state index contributed by atoms with van der Waals surface area (Å²) in [6.45, 7) is 3.26. The van der Waals surface area contributed by atoms with Crippen molar-refractivity contribution >= 4 is 27.6 Å². The molecule has 0 bridgehead atoms. The third-order valence-corrected chi connectivity index (χ3v) is 3.08. The maximum absolute atomic E-state index is 10.7. The highest BCUT2D eigenvalue weighted by atomic mass is 79.9. The van der Waals surface area contributed by atoms with Crippen LogP contribution in [-0.2, 0) is 4.79 Å². The number of carbonyl (C=O) groups is 1. The van der Waals surface area contributed by atoms with Crippen molar-refractivity contribution in [2.75, 3.05) is 18.0 Å². The Morgan fingerprint density at radius 2 is 2.13 bits per heavy atom. The van der Waals surface area contributed by atoms with Gasteiger partial charge in [-0.1, -0.05) is 15.9 Å². The molecule has 0 amide bonds. The molecule has 80 valence electrons. The van der Waals surface area contributed by atoms with Gasteiger partial charge in [0.15, 0.2) is 0 Å². The minimum atomic E-state index is -0.696. The molecule has 2 rings (SSSR count). The lowest BCUT2D eigenvalue weighted by molar-refractivity contribution is -0.142. The lowest BCUT2D eigenvalue weighted by Crippen LogP contribution is -2.50. The maximum atomic E-state index is 10.7. The van der Waals surface area contributed by atoms with Gasteiger partial charge in [-0.25, -0.2) is 0 Å². The number of carboxylic acid groups (broad SMARTS) is 1. The smallest absolute Gasteiger partial charge is 0.310 e. The van der Waals surface area contributed by atoms with Gasteiger partial charge in [-0.05, 0) is 30.7 Å². The summed E-state index contributed by atoms with van der Waals surface area (Å²) in [6, 6.07) is 6.13. The van der Waals surface area contributed by atoms with Crippen LogP contribution in [-0.4, -0.2) is 24.2 Å². The van der Waals surface area contributed by atoms with Crippen molar-refractivity contribution in [3.8, 4) is 0 Å². The first-order valence-corrected chi connectivity index (χ1v) is 5.60. The van der Waals surface area contributed by atoms with Crippen molar-refractivity contribution in [3.63, 3.8) is 0 Å². The van der Waals surface area contributed by atoms with Crippen LogP contribution in [0.5, 0.6) is 0 Å². The summed E-state index contributed by atoms with van der Waals surface area (Å²) in [7, 11) is 0. The van der Waals surface area contributed by atoms with Crippen molar-refractivity contribution in [2.24, 2.45) is 5.92 Å². The Hall–Kier alpha value is -1.03. The Labute approximate surface area is 96.8 Å². The van der Waals surface area contributed by atoms with Gasteiger partial charge >= 0.3 is 5.97 Å². The monoisotopic (exact) mass is 269 g/mol. The van der Waals surface area contributed by atoms with Crippen molar-refractivity contribution in [1.82, 2.24) is 0 Å². The van der Waals surface area contributed by atoms with E-state index < -0.39 is 5.97 Å². The van der Waals surface area contributed by atoms with E-state index in [9.17, 15) is 4.79 Å². The fraction of sp³-hybridized carbons (Fsp3) is 0.364. The predicted molar refractivity (Wildman–Crippen MR) is 62.2 cm³/mol. The number of hydrogen-bond donors (Lipinski definition) is 1. The van der Waals surface area contributed by atoms with Gasteiger partial charge in [0.2, 0.25) is 0 Å². The molecule has 0 unspecified atom stereocenters. The first-order valence-electron chi connectivity index (χ1n) is 4.81. The third-order valence-electron chi connectivity index (χ3n) is 2.62. The summed E-state index contributed by atoms with van der Waals surface area (Å²) < 4.78 is 1.04. The molecular formula is C11H12BrNO2. The van der Waals surface area contributed by atoms with E-state index in [0.29, 0.717) is 13.1 Å². The summed E-state index contributed by atoms with van der Waals surface area (Å²) in [6.07, 6.45) is 0. The minimum absolute atomic E-state index is 0.204. The number of carboxylic acids is 1. The lowest BCUT2D eigenvalue weighted by Gasteiger charge is -2.38. The van der Waals surface area contributed by atoms with E-state index in [0.717, 1.165) is 10.2 Å². The number of benzene rings is 1. The van der Waals surface area contributed by atoms with Crippen LogP contribution < -0.4 is 4.90 Å². The summed E-state index contributed by atoms with van der Waals surface area (Å²) in [5.41, 5.74) is 2.28. The molecule has 15 heavy (non-hydrogen) atoms. The lowest BCUT2D eigenvalue weighted by atomic mass is 9.99. The largest absolute Gasteiger partial charge is 0.481 e. The van der Waals surface area contributed by atoms with E-state index in [2.05, 4.69) is 26.9 Å². The molecule has 1 heterocycles. The Balaban J connectivity index is 2.10. The first kappa shape index (κ1) is 10.5. The molecule has 0 spiro atoms. The molecule has 1 aromatic carbocycles. The topological polar surface area (TPSA) is 40.5 Å². The SMILES string of the molecule is Cc1cc(Br)cc(N2CC(C(=O)O)C2)c1. The molecule has 0 atom stereocenters. The number of aliphatic carboxylic acids is 1. The fourth-order valence-corrected chi connectivity index (χ4v) is 2.34. The van der Waals surface area contributed by atoms with Crippen LogP contribution in [0.2, 0.25) is 0 Å². The van der Waals surface area contributed by atoms with Crippen LogP contribution in [0, 0.1) is 12.8 Å². The van der Waals surface area contributed by atoms with E-state index in [-0.39, 0.29) is 5.92 Å². The highest BCUT2D eigenvalue weighted by molar-refractivity contribution is 9.10. The Morgan fingerprint density at radius 3 is 2.67 bits per heavy atom. The molecular weight excluding hydrogens is 258 g/mol. The van der Waals surface area contributed by atoms with Crippen LogP contribution in [0.15, 0.2) is 22.7 Å². The molecule has 0 aromatic heterocycles. The van der Waals surface area contributed by atoms with Gasteiger partial charge in [0.25, 0.3) is 0 Å². The molecule has 1 saturated heterocycles. The van der Waals surface area contributed by atoms with Gasteiger partial charge in [0, 0.05) is 23.2 Å². The average Bonchev–Trinajstić information content (AvgIpc) is 1.97. The van der Waals surface area contributed by atoms with Gasteiger partial charge < -0.3 is 10.0 Å². The van der Waals surface area contributed by atoms with Crippen LogP contribution in [0.25, 0.3) is 0 Å². The van der Waals surface area contributed by atoms with Crippen molar-refractivity contribution < 1.29 is 9.90 Å². The quantitative estimate of drug-likeness (QED) is 0.896. The molecule has 0 saturated carbocycles. The molecule has 1 aromatic rings. The van der Waals surface area contributed by atoms with Crippen LogP contribution in [0.3, 0.4) is 0 Å². The average molecular weight is 270 g/mol. The molecule has 1 N–H and O–H groups in total. The molecule has 1 aliphatic heterocycles. The van der Waals surface area contributed by atoms with Crippen molar-refractivity contribution in [2.45, 2.75) is 6.92 Å². The summed E-state index contributed by atoms with van der Waals surface area (Å²) in [5.74, 6) is -0.901. The van der Waals surface area contributed by atoms with Crippen LogP contribution in [0.1, 0.15) is 5.56 Å². The highest BCUT2D eigenvalue weighted by Gasteiger charge is 2.32. The zero-order valence-electron chi connectivity index (χ0n) is 8.40. The van der Waals surface area contributed by atoms with Crippen molar-refractivity contribution in [3.05, 3.63) is 28.2 Å². The Morgan fingerprint density at radius 1 is 1.47 bits per heavy atom. The fourth-order valence-electron chi connectivity index (χ4n) is 1.75. The zero-order valence-corrected chi connectivity index (χ0v) is 9.99. The van der Waals surface area contributed by atoms with E-state index in [1.54, 1.807) is 0 Å². The number of hydrogen-bond acceptors (Lipinski definition) is 2. The normalized spacial score (nSPS) is 16.3. The molecule has 4 heteroatoms. The molecule has 0 radical (unpaired) electrons. The summed E-state index contributed by atoms with van der Waals surface area (Å²) in [5, 5.41) is 8.77. The van der Waals surface area contributed by atoms with E-state index >= 15 is 0 Å². The number of anilines is 1. The highest BCUT2D eigenvalue weighted by Crippen LogP contribution is 2.28. The second-order valence-corrected chi connectivity index (χ2v) is 4.84. The van der Waals surface area contributed by atoms with E-state index in [1.165, 1.54) is 5.56 Å². The third kappa shape index (κ3) is 2.15. The van der Waals surface area contributed by atoms with Gasteiger partial charge in [-0.3, -0.25) is 4.79 Å². The number of halogens is 1. The number of rotatable bonds is 2. The summed E-state index contributed by atoms with van der Waals surface area (Å²) >= 11 is 3.44. The number of nitrogens with zero attached hydrogens (tertiary/aromatic N) is 1. The van der Waals surface area contributed by atoms with Crippen LogP contribution in [0.4, 0.5) is 5.69 Å². The summed E-state index contributed by atoms with van der Waals surface area (Å²) in [4.78, 5) is 12.7. The second kappa shape index (κ2) is 3.85. The predicted octanol–water partition coefficient (Wildman–Crippen LogP) is 2.28. The number of aryl methyl sites for hydroxylation is 1. The van der Waals surface area contributed by atoms with Gasteiger partial charge in [0.1, 0.15) is 0 Å². The van der Waals surface area contributed by atoms with Gasteiger partial charge in [0.05, 0.1) is 5.92 Å². The molecule has 1 aliphatic rings. The molecule has 1 fully saturated rings. The zero-order chi connectivity index (χ0) is 11.0. The maximum Gasteiger partial charge on any atom is 0.310 e. The first-order chi connectivity index (χ1) is 7.06. The van der Waals surface area contributed by atoms with Crippen LogP contribution >= 0.6 is 15.9 Å². The van der Waals surface area contributed by atoms with E-state index in [4.69, 9.17) is 5.11 Å². The minimum Gasteiger partial charge on any atom is -0.481 e. The van der Waals surface area contributed by atoms with Crippen molar-refractivity contribution in [1.29, 1.82) is 0 Å². The van der Waals surface area contributed by atoms with E-state index in [1.807, 2.05) is 19.1 Å². The van der Waals surface area contributed by atoms with Gasteiger partial charge in [-0.15, -0.1) is 0 Å². The Kier molecular flexibility index (Phi) is 2.69.